The number of benzene rings is 3. The van der Waals surface area contributed by atoms with E-state index < -0.39 is 0 Å². The van der Waals surface area contributed by atoms with Crippen LogP contribution < -0.4 is 18.9 Å². The van der Waals surface area contributed by atoms with Crippen LogP contribution in [-0.4, -0.2) is 13.2 Å². The predicted molar refractivity (Wildman–Crippen MR) is 149 cm³/mol. The molecule has 3 aromatic carbocycles. The fourth-order valence-electron chi connectivity index (χ4n) is 2.31. The first-order valence-corrected chi connectivity index (χ1v) is 13.4. The van der Waals surface area contributed by atoms with Crippen molar-refractivity contribution >= 4 is 63.7 Å². The van der Waals surface area contributed by atoms with Gasteiger partial charge in [-0.1, -0.05) is 93.7 Å². The standard InChI is InChI=1S/C12H8Br2.C6H4Br2.C4H8O.C4H9.Li/c13-11-7-3-1-5-9(11)10-6-2-4-8-12(10)14;7-5-3-1-2-4-6(5)8;1-2-4-5-3-1;1-3-4-2;/h1-8H;1-4H;1-4H2;1,3-4H2,2H3;/q;;;-1;+1. The van der Waals surface area contributed by atoms with Crippen LogP contribution in [0.3, 0.4) is 0 Å². The molecule has 1 heterocycles. The van der Waals surface area contributed by atoms with Crippen LogP contribution in [-0.2, 0) is 4.74 Å². The number of rotatable bonds is 2. The van der Waals surface area contributed by atoms with Gasteiger partial charge in [0.25, 0.3) is 0 Å². The monoisotopic (exact) mass is 680 g/mol. The maximum atomic E-state index is 4.94. The van der Waals surface area contributed by atoms with Gasteiger partial charge < -0.3 is 11.7 Å². The van der Waals surface area contributed by atoms with E-state index in [1.807, 2.05) is 48.5 Å². The second-order valence-electron chi connectivity index (χ2n) is 6.55. The zero-order chi connectivity index (χ0) is 22.9. The van der Waals surface area contributed by atoms with E-state index in [1.54, 1.807) is 0 Å². The third-order valence-electron chi connectivity index (χ3n) is 4.04. The van der Waals surface area contributed by atoms with Crippen LogP contribution in [0.1, 0.15) is 32.6 Å². The SMILES string of the molecule is Brc1ccccc1-c1ccccc1Br.Brc1ccccc1Br.C1CCOC1.[CH2-]CCC.[Li+]. The van der Waals surface area contributed by atoms with Crippen molar-refractivity contribution in [3.05, 3.63) is 97.6 Å². The Morgan fingerprint density at radius 2 is 0.969 bits per heavy atom. The van der Waals surface area contributed by atoms with Gasteiger partial charge in [-0.3, -0.25) is 0 Å². The number of ether oxygens (including phenoxy) is 1. The molecule has 0 amide bonds. The Bertz CT molecular complexity index is 796. The van der Waals surface area contributed by atoms with Gasteiger partial charge in [-0.25, -0.2) is 0 Å². The largest absolute Gasteiger partial charge is 1.00 e. The molecule has 1 aliphatic rings. The third kappa shape index (κ3) is 13.7. The zero-order valence-electron chi connectivity index (χ0n) is 18.8. The summed E-state index contributed by atoms with van der Waals surface area (Å²) in [4.78, 5) is 0. The molecule has 3 aromatic rings. The Balaban J connectivity index is 0.000000452. The van der Waals surface area contributed by atoms with Crippen LogP contribution in [0, 0.1) is 6.92 Å². The Morgan fingerprint density at radius 3 is 1.19 bits per heavy atom. The van der Waals surface area contributed by atoms with Gasteiger partial charge in [0.15, 0.2) is 0 Å². The zero-order valence-corrected chi connectivity index (χ0v) is 25.1. The van der Waals surface area contributed by atoms with Crippen molar-refractivity contribution in [2.24, 2.45) is 0 Å². The second kappa shape index (κ2) is 20.5. The predicted octanol–water partition coefficient (Wildman–Crippen LogP) is 7.51. The van der Waals surface area contributed by atoms with Gasteiger partial charge in [0.2, 0.25) is 0 Å². The van der Waals surface area contributed by atoms with Crippen LogP contribution in [0.5, 0.6) is 0 Å². The quantitative estimate of drug-likeness (QED) is 0.201. The molecule has 6 heteroatoms. The first-order valence-electron chi connectivity index (χ1n) is 10.3. The van der Waals surface area contributed by atoms with Crippen molar-refractivity contribution < 1.29 is 23.6 Å². The minimum atomic E-state index is 0. The van der Waals surface area contributed by atoms with Gasteiger partial charge in [0.05, 0.1) is 0 Å². The molecule has 0 radical (unpaired) electrons. The molecular formula is C26H29Br4LiO. The fraction of sp³-hybridized carbons (Fsp3) is 0.269. The molecule has 32 heavy (non-hydrogen) atoms. The molecule has 0 N–H and O–H groups in total. The number of hydrogen-bond acceptors (Lipinski definition) is 1. The summed E-state index contributed by atoms with van der Waals surface area (Å²) in [5, 5.41) is 0. The molecule has 1 nitrogen and oxygen atoms in total. The van der Waals surface area contributed by atoms with Crippen molar-refractivity contribution in [1.82, 2.24) is 0 Å². The van der Waals surface area contributed by atoms with E-state index in [1.165, 1.54) is 30.4 Å². The Hall–Kier alpha value is 0.137. The minimum Gasteiger partial charge on any atom is -0.381 e. The Kier molecular flexibility index (Phi) is 20.6. The minimum absolute atomic E-state index is 0. The molecule has 0 spiro atoms. The van der Waals surface area contributed by atoms with Crippen molar-refractivity contribution in [1.29, 1.82) is 0 Å². The maximum absolute atomic E-state index is 4.94. The van der Waals surface area contributed by atoms with Crippen LogP contribution in [0.4, 0.5) is 0 Å². The van der Waals surface area contributed by atoms with Crippen molar-refractivity contribution in [3.63, 3.8) is 0 Å². The molecule has 1 aliphatic heterocycles. The van der Waals surface area contributed by atoms with E-state index >= 15 is 0 Å². The normalized spacial score (nSPS) is 11.4. The fourth-order valence-corrected chi connectivity index (χ4v) is 3.88. The molecule has 0 aromatic heterocycles. The summed E-state index contributed by atoms with van der Waals surface area (Å²) in [5.74, 6) is 0. The van der Waals surface area contributed by atoms with E-state index in [-0.39, 0.29) is 18.9 Å². The van der Waals surface area contributed by atoms with Crippen LogP contribution in [0.2, 0.25) is 0 Å². The summed E-state index contributed by atoms with van der Waals surface area (Å²) in [5.41, 5.74) is 2.42. The van der Waals surface area contributed by atoms with E-state index in [2.05, 4.69) is 102 Å². The summed E-state index contributed by atoms with van der Waals surface area (Å²) >= 11 is 13.8. The third-order valence-corrected chi connectivity index (χ3v) is 7.34. The number of unbranched alkanes of at least 4 members (excludes halogenated alkanes) is 1. The summed E-state index contributed by atoms with van der Waals surface area (Å²) in [6, 6.07) is 24.4. The molecule has 1 fully saturated rings. The van der Waals surface area contributed by atoms with E-state index in [0.29, 0.717) is 0 Å². The van der Waals surface area contributed by atoms with Crippen LogP contribution >= 0.6 is 63.7 Å². The number of halogens is 4. The molecular weight excluding hydrogens is 655 g/mol. The topological polar surface area (TPSA) is 9.23 Å². The van der Waals surface area contributed by atoms with Gasteiger partial charge in [-0.2, -0.15) is 6.42 Å². The summed E-state index contributed by atoms with van der Waals surface area (Å²) in [7, 11) is 0. The van der Waals surface area contributed by atoms with Gasteiger partial charge in [-0.05, 0) is 80.1 Å². The molecule has 0 bridgehead atoms. The van der Waals surface area contributed by atoms with E-state index in [0.717, 1.165) is 37.5 Å². The molecule has 0 saturated carbocycles. The second-order valence-corrected chi connectivity index (χ2v) is 9.96. The molecule has 4 rings (SSSR count). The summed E-state index contributed by atoms with van der Waals surface area (Å²) < 4.78 is 9.37. The number of hydrogen-bond donors (Lipinski definition) is 0. The summed E-state index contributed by atoms with van der Waals surface area (Å²) in [6.45, 7) is 7.72. The van der Waals surface area contributed by atoms with Crippen LogP contribution in [0.25, 0.3) is 11.1 Å². The van der Waals surface area contributed by atoms with E-state index in [9.17, 15) is 0 Å². The maximum Gasteiger partial charge on any atom is 1.00 e. The Morgan fingerprint density at radius 1 is 0.656 bits per heavy atom. The first-order chi connectivity index (χ1) is 15.0. The van der Waals surface area contributed by atoms with Gasteiger partial charge in [0.1, 0.15) is 0 Å². The van der Waals surface area contributed by atoms with Crippen molar-refractivity contribution in [3.8, 4) is 11.1 Å². The summed E-state index contributed by atoms with van der Waals surface area (Å²) in [6.07, 6.45) is 4.83. The first kappa shape index (κ1) is 32.1. The average Bonchev–Trinajstić information content (AvgIpc) is 3.38. The molecule has 0 unspecified atom stereocenters. The van der Waals surface area contributed by atoms with Crippen LogP contribution in [0.15, 0.2) is 90.7 Å². The molecule has 168 valence electrons. The smallest absolute Gasteiger partial charge is 0.381 e. The van der Waals surface area contributed by atoms with E-state index in [4.69, 9.17) is 4.74 Å². The van der Waals surface area contributed by atoms with Crippen molar-refractivity contribution in [2.75, 3.05) is 13.2 Å². The average molecular weight is 684 g/mol. The van der Waals surface area contributed by atoms with Gasteiger partial charge in [-0.15, -0.1) is 0 Å². The van der Waals surface area contributed by atoms with Gasteiger partial charge in [0, 0.05) is 31.1 Å². The van der Waals surface area contributed by atoms with Gasteiger partial charge >= 0.3 is 18.9 Å². The molecule has 0 aliphatic carbocycles. The Labute approximate surface area is 239 Å². The van der Waals surface area contributed by atoms with Crippen molar-refractivity contribution in [2.45, 2.75) is 32.6 Å². The molecule has 0 atom stereocenters. The molecule has 1 saturated heterocycles.